The summed E-state index contributed by atoms with van der Waals surface area (Å²) in [6.45, 7) is 0.963. The van der Waals surface area contributed by atoms with Crippen LogP contribution in [0.4, 0.5) is 0 Å². The Bertz CT molecular complexity index is 337. The first-order valence-corrected chi connectivity index (χ1v) is 4.42. The standard InChI is InChI=1S/C9H12BN3/c1-13-6-8(4-12-13)7-2-9(10)5-11-3-7/h2-5,8H,6,10H2,1H3. The van der Waals surface area contributed by atoms with E-state index in [1.165, 1.54) is 11.0 Å². The molecule has 0 aromatic carbocycles. The molecule has 13 heavy (non-hydrogen) atoms. The van der Waals surface area contributed by atoms with E-state index in [4.69, 9.17) is 0 Å². The van der Waals surface area contributed by atoms with Crippen LogP contribution in [0.15, 0.2) is 23.6 Å². The number of likely N-dealkylation sites (N-methyl/N-ethyl adjacent to an activating group) is 1. The summed E-state index contributed by atoms with van der Waals surface area (Å²) >= 11 is 0. The Kier molecular flexibility index (Phi) is 2.04. The predicted molar refractivity (Wildman–Crippen MR) is 56.3 cm³/mol. The van der Waals surface area contributed by atoms with Crippen molar-refractivity contribution < 1.29 is 0 Å². The Morgan fingerprint density at radius 3 is 3.00 bits per heavy atom. The van der Waals surface area contributed by atoms with Crippen LogP contribution in [-0.4, -0.2) is 37.6 Å². The smallest absolute Gasteiger partial charge is 0.141 e. The highest BCUT2D eigenvalue weighted by atomic mass is 15.4. The molecule has 1 unspecified atom stereocenters. The fourth-order valence-corrected chi connectivity index (χ4v) is 1.55. The summed E-state index contributed by atoms with van der Waals surface area (Å²) in [5, 5.41) is 6.16. The van der Waals surface area contributed by atoms with E-state index in [2.05, 4.69) is 24.0 Å². The molecule has 1 aliphatic heterocycles. The third-order valence-corrected chi connectivity index (χ3v) is 2.23. The van der Waals surface area contributed by atoms with Gasteiger partial charge in [-0.15, -0.1) is 0 Å². The van der Waals surface area contributed by atoms with E-state index in [-0.39, 0.29) is 0 Å². The van der Waals surface area contributed by atoms with E-state index >= 15 is 0 Å². The molecular weight excluding hydrogens is 161 g/mol. The first-order chi connectivity index (χ1) is 6.25. The average Bonchev–Trinajstić information content (AvgIpc) is 2.52. The Balaban J connectivity index is 2.22. The number of aromatic nitrogens is 1. The summed E-state index contributed by atoms with van der Waals surface area (Å²) in [5.41, 5.74) is 2.47. The molecule has 0 N–H and O–H groups in total. The molecule has 4 heteroatoms. The van der Waals surface area contributed by atoms with Crippen LogP contribution in [0.25, 0.3) is 0 Å². The SMILES string of the molecule is Bc1cncc(C2C=NN(C)C2)c1. The number of hydrogen-bond acceptors (Lipinski definition) is 3. The van der Waals surface area contributed by atoms with Crippen LogP contribution in [0, 0.1) is 0 Å². The molecule has 1 aliphatic rings. The van der Waals surface area contributed by atoms with E-state index in [9.17, 15) is 0 Å². The van der Waals surface area contributed by atoms with E-state index in [1.54, 1.807) is 0 Å². The van der Waals surface area contributed by atoms with Gasteiger partial charge >= 0.3 is 0 Å². The van der Waals surface area contributed by atoms with Gasteiger partial charge in [0.05, 0.1) is 0 Å². The maximum absolute atomic E-state index is 4.20. The van der Waals surface area contributed by atoms with E-state index < -0.39 is 0 Å². The van der Waals surface area contributed by atoms with Gasteiger partial charge < -0.3 is 0 Å². The first kappa shape index (κ1) is 8.29. The average molecular weight is 173 g/mol. The van der Waals surface area contributed by atoms with Gasteiger partial charge in [0, 0.05) is 38.1 Å². The molecule has 0 aliphatic carbocycles. The van der Waals surface area contributed by atoms with Crippen molar-refractivity contribution in [2.24, 2.45) is 5.10 Å². The highest BCUT2D eigenvalue weighted by Gasteiger charge is 2.16. The molecule has 0 saturated carbocycles. The first-order valence-electron chi connectivity index (χ1n) is 4.42. The fraction of sp³-hybridized carbons (Fsp3) is 0.333. The van der Waals surface area contributed by atoms with Gasteiger partial charge in [-0.05, 0) is 5.56 Å². The number of nitrogens with zero attached hydrogens (tertiary/aromatic N) is 3. The maximum Gasteiger partial charge on any atom is 0.141 e. The van der Waals surface area contributed by atoms with Crippen molar-refractivity contribution in [1.82, 2.24) is 9.99 Å². The molecule has 0 amide bonds. The van der Waals surface area contributed by atoms with Crippen LogP contribution >= 0.6 is 0 Å². The van der Waals surface area contributed by atoms with E-state index in [1.807, 2.05) is 30.7 Å². The largest absolute Gasteiger partial charge is 0.299 e. The lowest BCUT2D eigenvalue weighted by molar-refractivity contribution is 0.381. The minimum Gasteiger partial charge on any atom is -0.299 e. The molecule has 0 spiro atoms. The molecular formula is C9H12BN3. The lowest BCUT2D eigenvalue weighted by atomic mass is 9.93. The predicted octanol–water partition coefficient (Wildman–Crippen LogP) is -0.645. The quantitative estimate of drug-likeness (QED) is 0.528. The van der Waals surface area contributed by atoms with Crippen molar-refractivity contribution >= 4 is 19.5 Å². The van der Waals surface area contributed by atoms with Crippen LogP contribution in [-0.2, 0) is 0 Å². The zero-order valence-corrected chi connectivity index (χ0v) is 7.94. The van der Waals surface area contributed by atoms with Gasteiger partial charge in [-0.1, -0.05) is 11.5 Å². The lowest BCUT2D eigenvalue weighted by Gasteiger charge is -2.10. The van der Waals surface area contributed by atoms with Crippen LogP contribution in [0.1, 0.15) is 11.5 Å². The Morgan fingerprint density at radius 2 is 2.38 bits per heavy atom. The molecule has 1 atom stereocenters. The number of hydrogen-bond donors (Lipinski definition) is 0. The molecule has 0 saturated heterocycles. The zero-order chi connectivity index (χ0) is 9.26. The van der Waals surface area contributed by atoms with E-state index in [0.717, 1.165) is 6.54 Å². The van der Waals surface area contributed by atoms with Gasteiger partial charge in [-0.3, -0.25) is 9.99 Å². The number of hydrazone groups is 1. The molecule has 0 fully saturated rings. The van der Waals surface area contributed by atoms with Crippen molar-refractivity contribution in [3.05, 3.63) is 24.0 Å². The topological polar surface area (TPSA) is 28.5 Å². The van der Waals surface area contributed by atoms with Gasteiger partial charge in [0.15, 0.2) is 0 Å². The minimum atomic E-state index is 0.414. The highest BCUT2D eigenvalue weighted by molar-refractivity contribution is 6.32. The summed E-state index contributed by atoms with van der Waals surface area (Å²) in [5.74, 6) is 0.414. The van der Waals surface area contributed by atoms with Crippen molar-refractivity contribution in [2.75, 3.05) is 13.6 Å². The highest BCUT2D eigenvalue weighted by Crippen LogP contribution is 2.17. The van der Waals surface area contributed by atoms with Crippen LogP contribution in [0.2, 0.25) is 0 Å². The van der Waals surface area contributed by atoms with Crippen molar-refractivity contribution in [2.45, 2.75) is 5.92 Å². The molecule has 1 aromatic heterocycles. The van der Waals surface area contributed by atoms with Crippen LogP contribution in [0.5, 0.6) is 0 Å². The van der Waals surface area contributed by atoms with Crippen molar-refractivity contribution in [3.8, 4) is 0 Å². The van der Waals surface area contributed by atoms with Gasteiger partial charge in [0.2, 0.25) is 0 Å². The maximum atomic E-state index is 4.20. The van der Waals surface area contributed by atoms with E-state index in [0.29, 0.717) is 5.92 Å². The summed E-state index contributed by atoms with van der Waals surface area (Å²) in [6, 6.07) is 2.17. The summed E-state index contributed by atoms with van der Waals surface area (Å²) < 4.78 is 0. The van der Waals surface area contributed by atoms with Gasteiger partial charge in [0.1, 0.15) is 7.85 Å². The molecule has 0 bridgehead atoms. The molecule has 1 aromatic rings. The van der Waals surface area contributed by atoms with Crippen LogP contribution in [0.3, 0.4) is 0 Å². The second kappa shape index (κ2) is 3.20. The second-order valence-corrected chi connectivity index (χ2v) is 3.51. The fourth-order valence-electron chi connectivity index (χ4n) is 1.55. The summed E-state index contributed by atoms with van der Waals surface area (Å²) in [6.07, 6.45) is 5.78. The normalized spacial score (nSPS) is 21.0. The Morgan fingerprint density at radius 1 is 1.54 bits per heavy atom. The Labute approximate surface area is 78.9 Å². The lowest BCUT2D eigenvalue weighted by Crippen LogP contribution is -2.14. The third kappa shape index (κ3) is 1.71. The molecule has 2 rings (SSSR count). The molecule has 3 nitrogen and oxygen atoms in total. The van der Waals surface area contributed by atoms with Gasteiger partial charge in [-0.25, -0.2) is 0 Å². The zero-order valence-electron chi connectivity index (χ0n) is 7.94. The summed E-state index contributed by atoms with van der Waals surface area (Å²) in [7, 11) is 4.05. The Hall–Kier alpha value is -1.32. The minimum absolute atomic E-state index is 0.414. The van der Waals surface area contributed by atoms with Gasteiger partial charge in [0.25, 0.3) is 0 Å². The molecule has 66 valence electrons. The second-order valence-electron chi connectivity index (χ2n) is 3.51. The monoisotopic (exact) mass is 173 g/mol. The van der Waals surface area contributed by atoms with Crippen LogP contribution < -0.4 is 5.46 Å². The number of rotatable bonds is 1. The van der Waals surface area contributed by atoms with Crippen molar-refractivity contribution in [3.63, 3.8) is 0 Å². The molecule has 0 radical (unpaired) electrons. The number of pyridine rings is 1. The van der Waals surface area contributed by atoms with Crippen molar-refractivity contribution in [1.29, 1.82) is 0 Å². The third-order valence-electron chi connectivity index (χ3n) is 2.23. The van der Waals surface area contributed by atoms with Gasteiger partial charge in [-0.2, -0.15) is 5.10 Å². The summed E-state index contributed by atoms with van der Waals surface area (Å²) in [4.78, 5) is 4.17. The molecule has 2 heterocycles.